The van der Waals surface area contributed by atoms with E-state index in [1.807, 2.05) is 44.2 Å². The molecule has 1 aliphatic rings. The first kappa shape index (κ1) is 20.6. The monoisotopic (exact) mass is 397 g/mol. The normalized spacial score (nSPS) is 17.2. The lowest BCUT2D eigenvalue weighted by Crippen LogP contribution is -2.40. The van der Waals surface area contributed by atoms with Crippen molar-refractivity contribution in [1.82, 2.24) is 5.32 Å². The molecule has 6 nitrogen and oxygen atoms in total. The highest BCUT2D eigenvalue weighted by Crippen LogP contribution is 2.41. The second-order valence-electron chi connectivity index (χ2n) is 7.42. The van der Waals surface area contributed by atoms with Crippen molar-refractivity contribution in [3.05, 3.63) is 53.6 Å². The average Bonchev–Trinajstić information content (AvgIpc) is 2.70. The summed E-state index contributed by atoms with van der Waals surface area (Å²) in [6.45, 7) is 4.04. The fraction of sp³-hybridized carbons (Fsp3) is 0.348. The molecule has 0 unspecified atom stereocenters. The maximum atomic E-state index is 12.6. The van der Waals surface area contributed by atoms with Crippen molar-refractivity contribution in [1.29, 1.82) is 0 Å². The van der Waals surface area contributed by atoms with Gasteiger partial charge in [0.15, 0.2) is 11.5 Å². The predicted octanol–water partition coefficient (Wildman–Crippen LogP) is 4.14. The Hall–Kier alpha value is -3.15. The molecule has 1 aliphatic heterocycles. The van der Waals surface area contributed by atoms with Gasteiger partial charge in [0.05, 0.1) is 27.4 Å². The van der Waals surface area contributed by atoms with Crippen LogP contribution in [0.15, 0.2) is 42.5 Å². The Morgan fingerprint density at radius 1 is 1.07 bits per heavy atom. The molecule has 0 radical (unpaired) electrons. The van der Waals surface area contributed by atoms with E-state index in [0.29, 0.717) is 29.2 Å². The molecule has 1 N–H and O–H groups in total. The number of hydrogen-bond donors (Lipinski definition) is 1. The fourth-order valence-electron chi connectivity index (χ4n) is 3.57. The third kappa shape index (κ3) is 4.47. The quantitative estimate of drug-likeness (QED) is 0.742. The minimum absolute atomic E-state index is 0.126. The molecule has 0 bridgehead atoms. The topological polar surface area (TPSA) is 66.0 Å². The predicted molar refractivity (Wildman–Crippen MR) is 112 cm³/mol. The largest absolute Gasteiger partial charge is 0.493 e. The Morgan fingerprint density at radius 2 is 1.79 bits per heavy atom. The van der Waals surface area contributed by atoms with E-state index in [9.17, 15) is 4.79 Å². The van der Waals surface area contributed by atoms with Crippen LogP contribution in [0.3, 0.4) is 0 Å². The zero-order valence-electron chi connectivity index (χ0n) is 17.4. The molecular weight excluding hydrogens is 370 g/mol. The summed E-state index contributed by atoms with van der Waals surface area (Å²) in [5.41, 5.74) is 1.34. The Bertz CT molecular complexity index is 919. The number of amides is 1. The van der Waals surface area contributed by atoms with Gasteiger partial charge in [-0.05, 0) is 38.1 Å². The second-order valence-corrected chi connectivity index (χ2v) is 7.42. The van der Waals surface area contributed by atoms with E-state index >= 15 is 0 Å². The van der Waals surface area contributed by atoms with Crippen LogP contribution in [0, 0.1) is 0 Å². The number of methoxy groups -OCH3 is 3. The molecule has 1 heterocycles. The SMILES string of the molecule is COc1ccc(/C=C/C(=O)N[C@H]2CC(C)(C)Oc3ccccc32)c(OC)c1OC. The number of nitrogens with one attached hydrogen (secondary N) is 1. The van der Waals surface area contributed by atoms with Gasteiger partial charge in [-0.2, -0.15) is 0 Å². The molecule has 1 amide bonds. The maximum Gasteiger partial charge on any atom is 0.244 e. The summed E-state index contributed by atoms with van der Waals surface area (Å²) < 4.78 is 22.2. The Balaban J connectivity index is 1.80. The molecule has 0 aromatic heterocycles. The number of ether oxygens (including phenoxy) is 4. The average molecular weight is 397 g/mol. The third-order valence-corrected chi connectivity index (χ3v) is 4.84. The van der Waals surface area contributed by atoms with Crippen molar-refractivity contribution in [2.45, 2.75) is 31.9 Å². The highest BCUT2D eigenvalue weighted by molar-refractivity contribution is 5.92. The zero-order chi connectivity index (χ0) is 21.0. The van der Waals surface area contributed by atoms with Crippen LogP contribution >= 0.6 is 0 Å². The number of carbonyl (C=O) groups is 1. The lowest BCUT2D eigenvalue weighted by atomic mass is 9.89. The van der Waals surface area contributed by atoms with Crippen molar-refractivity contribution in [2.75, 3.05) is 21.3 Å². The van der Waals surface area contributed by atoms with Gasteiger partial charge >= 0.3 is 0 Å². The van der Waals surface area contributed by atoms with E-state index < -0.39 is 0 Å². The van der Waals surface area contributed by atoms with E-state index in [1.165, 1.54) is 6.08 Å². The minimum Gasteiger partial charge on any atom is -0.493 e. The number of rotatable bonds is 6. The molecule has 2 aromatic rings. The summed E-state index contributed by atoms with van der Waals surface area (Å²) in [5.74, 6) is 2.16. The minimum atomic E-state index is -0.359. The maximum absolute atomic E-state index is 12.6. The Morgan fingerprint density at radius 3 is 2.48 bits per heavy atom. The van der Waals surface area contributed by atoms with Crippen LogP contribution < -0.4 is 24.3 Å². The summed E-state index contributed by atoms with van der Waals surface area (Å²) in [7, 11) is 4.66. The van der Waals surface area contributed by atoms with E-state index in [4.69, 9.17) is 18.9 Å². The molecule has 0 saturated heterocycles. The lowest BCUT2D eigenvalue weighted by Gasteiger charge is -2.37. The van der Waals surface area contributed by atoms with Gasteiger partial charge in [-0.1, -0.05) is 18.2 Å². The standard InChI is InChI=1S/C23H27NO5/c1-23(2)14-17(16-8-6-7-9-18(16)29-23)24-20(25)13-11-15-10-12-19(26-3)22(28-5)21(15)27-4/h6-13,17H,14H2,1-5H3,(H,24,25)/b13-11+/t17-/m0/s1. The van der Waals surface area contributed by atoms with Crippen molar-refractivity contribution in [3.8, 4) is 23.0 Å². The van der Waals surface area contributed by atoms with Crippen LogP contribution in [-0.2, 0) is 4.79 Å². The fourth-order valence-corrected chi connectivity index (χ4v) is 3.57. The van der Waals surface area contributed by atoms with Gasteiger partial charge in [-0.25, -0.2) is 0 Å². The number of benzene rings is 2. The van der Waals surface area contributed by atoms with Gasteiger partial charge in [0.25, 0.3) is 0 Å². The first-order chi connectivity index (χ1) is 13.9. The molecule has 154 valence electrons. The molecule has 0 saturated carbocycles. The van der Waals surface area contributed by atoms with E-state index in [0.717, 1.165) is 11.3 Å². The van der Waals surface area contributed by atoms with Crippen LogP contribution in [-0.4, -0.2) is 32.8 Å². The number of fused-ring (bicyclic) bond motifs is 1. The number of carbonyl (C=O) groups excluding carboxylic acids is 1. The van der Waals surface area contributed by atoms with Crippen LogP contribution in [0.2, 0.25) is 0 Å². The van der Waals surface area contributed by atoms with Crippen molar-refractivity contribution >= 4 is 12.0 Å². The Kier molecular flexibility index (Phi) is 6.01. The third-order valence-electron chi connectivity index (χ3n) is 4.84. The molecule has 0 spiro atoms. The van der Waals surface area contributed by atoms with Gasteiger partial charge in [0, 0.05) is 23.6 Å². The van der Waals surface area contributed by atoms with Crippen molar-refractivity contribution in [3.63, 3.8) is 0 Å². The summed E-state index contributed by atoms with van der Waals surface area (Å²) >= 11 is 0. The number of para-hydroxylation sites is 1. The summed E-state index contributed by atoms with van der Waals surface area (Å²) in [4.78, 5) is 12.6. The highest BCUT2D eigenvalue weighted by Gasteiger charge is 2.34. The van der Waals surface area contributed by atoms with E-state index in [1.54, 1.807) is 33.5 Å². The smallest absolute Gasteiger partial charge is 0.244 e. The summed E-state index contributed by atoms with van der Waals surface area (Å²) in [5, 5.41) is 3.09. The molecule has 29 heavy (non-hydrogen) atoms. The van der Waals surface area contributed by atoms with Crippen LogP contribution in [0.25, 0.3) is 6.08 Å². The van der Waals surface area contributed by atoms with Crippen molar-refractivity contribution < 1.29 is 23.7 Å². The van der Waals surface area contributed by atoms with Gasteiger partial charge in [-0.15, -0.1) is 0 Å². The van der Waals surface area contributed by atoms with Gasteiger partial charge < -0.3 is 24.3 Å². The van der Waals surface area contributed by atoms with E-state index in [-0.39, 0.29) is 17.6 Å². The zero-order valence-corrected chi connectivity index (χ0v) is 17.4. The van der Waals surface area contributed by atoms with Crippen LogP contribution in [0.1, 0.15) is 37.4 Å². The first-order valence-electron chi connectivity index (χ1n) is 9.44. The van der Waals surface area contributed by atoms with Gasteiger partial charge in [-0.3, -0.25) is 4.79 Å². The molecule has 6 heteroatoms. The van der Waals surface area contributed by atoms with Gasteiger partial charge in [0.2, 0.25) is 11.7 Å². The summed E-state index contributed by atoms with van der Waals surface area (Å²) in [6.07, 6.45) is 3.88. The van der Waals surface area contributed by atoms with Crippen LogP contribution in [0.4, 0.5) is 0 Å². The molecule has 1 atom stereocenters. The molecule has 2 aromatic carbocycles. The van der Waals surface area contributed by atoms with Crippen molar-refractivity contribution in [2.24, 2.45) is 0 Å². The second kappa shape index (κ2) is 8.47. The molecule has 3 rings (SSSR count). The summed E-state index contributed by atoms with van der Waals surface area (Å²) in [6, 6.07) is 11.3. The number of hydrogen-bond acceptors (Lipinski definition) is 5. The molecule has 0 aliphatic carbocycles. The molecular formula is C23H27NO5. The van der Waals surface area contributed by atoms with E-state index in [2.05, 4.69) is 5.32 Å². The first-order valence-corrected chi connectivity index (χ1v) is 9.44. The highest BCUT2D eigenvalue weighted by atomic mass is 16.5. The van der Waals surface area contributed by atoms with Crippen LogP contribution in [0.5, 0.6) is 23.0 Å². The Labute approximate surface area is 171 Å². The lowest BCUT2D eigenvalue weighted by molar-refractivity contribution is -0.117. The van der Waals surface area contributed by atoms with Gasteiger partial charge in [0.1, 0.15) is 11.4 Å². The molecule has 0 fully saturated rings.